The number of nitro groups is 1. The minimum Gasteiger partial charge on any atom is -0.490 e. The maximum absolute atomic E-state index is 10.5. The molecule has 0 radical (unpaired) electrons. The first-order valence-electron chi connectivity index (χ1n) is 8.38. The van der Waals surface area contributed by atoms with Crippen LogP contribution in [0, 0.1) is 10.1 Å². The van der Waals surface area contributed by atoms with E-state index in [9.17, 15) is 14.9 Å². The molecule has 3 aromatic rings. The van der Waals surface area contributed by atoms with Gasteiger partial charge in [-0.05, 0) is 47.5 Å². The van der Waals surface area contributed by atoms with Crippen molar-refractivity contribution in [2.45, 2.75) is 0 Å². The highest BCUT2D eigenvalue weighted by Gasteiger charge is 2.04. The number of carboxylic acids is 1. The van der Waals surface area contributed by atoms with E-state index in [2.05, 4.69) is 6.58 Å². The Bertz CT molecular complexity index is 919. The molecular weight excluding hydrogens is 358 g/mol. The zero-order chi connectivity index (χ0) is 20.4. The topological polar surface area (TPSA) is 89.7 Å². The van der Waals surface area contributed by atoms with E-state index in [1.165, 1.54) is 24.3 Å². The highest BCUT2D eigenvalue weighted by atomic mass is 16.6. The lowest BCUT2D eigenvalue weighted by Crippen LogP contribution is -1.97. The van der Waals surface area contributed by atoms with Gasteiger partial charge in [-0.3, -0.25) is 10.1 Å². The molecule has 0 saturated carbocycles. The largest absolute Gasteiger partial charge is 0.490 e. The SMILES string of the molecule is C=CCOc1ccc(C(=O)O)cc1.O=[N+]([O-])c1ccc(-c2ccccc2)cc1. The van der Waals surface area contributed by atoms with Gasteiger partial charge >= 0.3 is 5.97 Å². The third-order valence-electron chi connectivity index (χ3n) is 3.65. The van der Waals surface area contributed by atoms with Crippen LogP contribution in [0.15, 0.2) is 91.5 Å². The molecule has 142 valence electrons. The van der Waals surface area contributed by atoms with Gasteiger partial charge in [0, 0.05) is 12.1 Å². The van der Waals surface area contributed by atoms with Gasteiger partial charge in [-0.15, -0.1) is 0 Å². The molecule has 0 bridgehead atoms. The molecule has 0 spiro atoms. The summed E-state index contributed by atoms with van der Waals surface area (Å²) in [6.45, 7) is 3.93. The van der Waals surface area contributed by atoms with Crippen LogP contribution in [0.25, 0.3) is 11.1 Å². The van der Waals surface area contributed by atoms with Crippen LogP contribution in [0.2, 0.25) is 0 Å². The van der Waals surface area contributed by atoms with Crippen LogP contribution in [0.5, 0.6) is 5.75 Å². The van der Waals surface area contributed by atoms with Gasteiger partial charge in [0.05, 0.1) is 10.5 Å². The summed E-state index contributed by atoms with van der Waals surface area (Å²) in [6.07, 6.45) is 1.63. The molecule has 0 amide bonds. The van der Waals surface area contributed by atoms with Gasteiger partial charge in [-0.2, -0.15) is 0 Å². The molecule has 0 saturated heterocycles. The normalized spacial score (nSPS) is 9.57. The van der Waals surface area contributed by atoms with Crippen molar-refractivity contribution in [1.82, 2.24) is 0 Å². The van der Waals surface area contributed by atoms with E-state index in [1.54, 1.807) is 30.3 Å². The number of carbonyl (C=O) groups is 1. The second-order valence-corrected chi connectivity index (χ2v) is 5.60. The molecule has 0 aliphatic heterocycles. The molecule has 3 rings (SSSR count). The van der Waals surface area contributed by atoms with Crippen LogP contribution in [0.1, 0.15) is 10.4 Å². The Kier molecular flexibility index (Phi) is 7.48. The minimum absolute atomic E-state index is 0.120. The first-order chi connectivity index (χ1) is 13.5. The Morgan fingerprint density at radius 2 is 1.54 bits per heavy atom. The predicted octanol–water partition coefficient (Wildman–Crippen LogP) is 5.21. The van der Waals surface area contributed by atoms with Crippen molar-refractivity contribution < 1.29 is 19.6 Å². The number of ether oxygens (including phenoxy) is 1. The molecule has 0 aliphatic carbocycles. The fourth-order valence-electron chi connectivity index (χ4n) is 2.26. The van der Waals surface area contributed by atoms with Crippen molar-refractivity contribution in [1.29, 1.82) is 0 Å². The number of nitrogens with zero attached hydrogens (tertiary/aromatic N) is 1. The molecule has 0 unspecified atom stereocenters. The van der Waals surface area contributed by atoms with Crippen molar-refractivity contribution in [3.63, 3.8) is 0 Å². The maximum atomic E-state index is 10.5. The summed E-state index contributed by atoms with van der Waals surface area (Å²) < 4.78 is 5.18. The maximum Gasteiger partial charge on any atom is 0.335 e. The predicted molar refractivity (Wildman–Crippen MR) is 108 cm³/mol. The van der Waals surface area contributed by atoms with Crippen LogP contribution in [-0.4, -0.2) is 22.6 Å². The third kappa shape index (κ3) is 6.10. The van der Waals surface area contributed by atoms with Crippen LogP contribution in [0.4, 0.5) is 5.69 Å². The third-order valence-corrected chi connectivity index (χ3v) is 3.65. The highest BCUT2D eigenvalue weighted by molar-refractivity contribution is 5.87. The Labute approximate surface area is 162 Å². The molecule has 3 aromatic carbocycles. The van der Waals surface area contributed by atoms with Crippen molar-refractivity contribution in [2.24, 2.45) is 0 Å². The van der Waals surface area contributed by atoms with E-state index in [-0.39, 0.29) is 11.3 Å². The number of non-ortho nitro benzene ring substituents is 1. The zero-order valence-corrected chi connectivity index (χ0v) is 15.0. The summed E-state index contributed by atoms with van der Waals surface area (Å²) in [7, 11) is 0. The Morgan fingerprint density at radius 1 is 0.964 bits per heavy atom. The van der Waals surface area contributed by atoms with Crippen LogP contribution in [-0.2, 0) is 0 Å². The van der Waals surface area contributed by atoms with Gasteiger partial charge in [-0.1, -0.05) is 43.0 Å². The van der Waals surface area contributed by atoms with Crippen molar-refractivity contribution >= 4 is 11.7 Å². The molecule has 0 atom stereocenters. The Hall–Kier alpha value is -3.93. The molecular formula is C22H19NO5. The second kappa shape index (κ2) is 10.3. The lowest BCUT2D eigenvalue weighted by atomic mass is 10.1. The fraction of sp³-hybridized carbons (Fsp3) is 0.0455. The van der Waals surface area contributed by atoms with Gasteiger partial charge in [0.1, 0.15) is 12.4 Å². The molecule has 1 N–H and O–H groups in total. The van der Waals surface area contributed by atoms with Gasteiger partial charge in [0.2, 0.25) is 0 Å². The van der Waals surface area contributed by atoms with E-state index in [4.69, 9.17) is 9.84 Å². The summed E-state index contributed by atoms with van der Waals surface area (Å²) in [5, 5.41) is 19.0. The average molecular weight is 377 g/mol. The van der Waals surface area contributed by atoms with E-state index in [1.807, 2.05) is 30.3 Å². The number of hydrogen-bond acceptors (Lipinski definition) is 4. The highest BCUT2D eigenvalue weighted by Crippen LogP contribution is 2.21. The number of benzene rings is 3. The summed E-state index contributed by atoms with van der Waals surface area (Å²) in [5.74, 6) is -0.292. The summed E-state index contributed by atoms with van der Waals surface area (Å²) in [6, 6.07) is 22.6. The fourth-order valence-corrected chi connectivity index (χ4v) is 2.26. The monoisotopic (exact) mass is 377 g/mol. The van der Waals surface area contributed by atoms with Gasteiger partial charge < -0.3 is 9.84 Å². The van der Waals surface area contributed by atoms with Crippen LogP contribution >= 0.6 is 0 Å². The van der Waals surface area contributed by atoms with Crippen molar-refractivity contribution in [2.75, 3.05) is 6.61 Å². The lowest BCUT2D eigenvalue weighted by molar-refractivity contribution is -0.384. The van der Waals surface area contributed by atoms with Gasteiger partial charge in [0.15, 0.2) is 0 Å². The second-order valence-electron chi connectivity index (χ2n) is 5.60. The summed E-state index contributed by atoms with van der Waals surface area (Å²) in [5.41, 5.74) is 2.43. The molecule has 0 aliphatic rings. The Morgan fingerprint density at radius 3 is 2.04 bits per heavy atom. The first kappa shape index (κ1) is 20.4. The number of aromatic carboxylic acids is 1. The number of hydrogen-bond donors (Lipinski definition) is 1. The van der Waals surface area contributed by atoms with Crippen LogP contribution < -0.4 is 4.74 Å². The quantitative estimate of drug-likeness (QED) is 0.362. The minimum atomic E-state index is -0.935. The van der Waals surface area contributed by atoms with Gasteiger partial charge in [-0.25, -0.2) is 4.79 Å². The standard InChI is InChI=1S/C12H9NO2.C10H10O3/c14-13(15)12-8-6-11(7-9-12)10-4-2-1-3-5-10;1-2-7-13-9-5-3-8(4-6-9)10(11)12/h1-9H;2-6H,1,7H2,(H,11,12). The lowest BCUT2D eigenvalue weighted by Gasteiger charge is -2.02. The average Bonchev–Trinajstić information content (AvgIpc) is 2.73. The zero-order valence-electron chi connectivity index (χ0n) is 15.0. The number of carboxylic acid groups (broad SMARTS) is 1. The van der Waals surface area contributed by atoms with Crippen LogP contribution in [0.3, 0.4) is 0 Å². The molecule has 0 heterocycles. The van der Waals surface area contributed by atoms with E-state index in [0.717, 1.165) is 11.1 Å². The number of nitro benzene ring substituents is 1. The molecule has 6 heteroatoms. The first-order valence-corrected chi connectivity index (χ1v) is 8.38. The summed E-state index contributed by atoms with van der Waals surface area (Å²) in [4.78, 5) is 20.5. The molecule has 0 fully saturated rings. The van der Waals surface area contributed by atoms with E-state index in [0.29, 0.717) is 12.4 Å². The van der Waals surface area contributed by atoms with E-state index >= 15 is 0 Å². The molecule has 6 nitrogen and oxygen atoms in total. The van der Waals surface area contributed by atoms with Crippen molar-refractivity contribution in [3.8, 4) is 16.9 Å². The summed E-state index contributed by atoms with van der Waals surface area (Å²) >= 11 is 0. The van der Waals surface area contributed by atoms with Crippen molar-refractivity contribution in [3.05, 3.63) is 107 Å². The van der Waals surface area contributed by atoms with Gasteiger partial charge in [0.25, 0.3) is 5.69 Å². The van der Waals surface area contributed by atoms with E-state index < -0.39 is 10.9 Å². The Balaban J connectivity index is 0.000000203. The molecule has 0 aromatic heterocycles. The number of rotatable bonds is 6. The molecule has 28 heavy (non-hydrogen) atoms. The smallest absolute Gasteiger partial charge is 0.335 e.